The number of benzene rings is 1. The molecule has 0 radical (unpaired) electrons. The second kappa shape index (κ2) is 7.67. The van der Waals surface area contributed by atoms with Gasteiger partial charge in [-0.3, -0.25) is 19.3 Å². The molecule has 1 fully saturated rings. The average molecular weight is 379 g/mol. The zero-order valence-corrected chi connectivity index (χ0v) is 15.5. The van der Waals surface area contributed by atoms with E-state index < -0.39 is 0 Å². The van der Waals surface area contributed by atoms with Crippen LogP contribution in [0.15, 0.2) is 47.5 Å². The van der Waals surface area contributed by atoms with Crippen molar-refractivity contribution in [1.29, 1.82) is 0 Å². The molecule has 1 saturated carbocycles. The van der Waals surface area contributed by atoms with Crippen molar-refractivity contribution in [3.05, 3.63) is 64.5 Å². The molecule has 2 N–H and O–H groups in total. The van der Waals surface area contributed by atoms with Gasteiger partial charge in [-0.05, 0) is 31.0 Å². The van der Waals surface area contributed by atoms with Gasteiger partial charge in [-0.2, -0.15) is 5.10 Å². The van der Waals surface area contributed by atoms with Gasteiger partial charge < -0.3 is 10.1 Å². The third kappa shape index (κ3) is 3.95. The van der Waals surface area contributed by atoms with Crippen LogP contribution in [-0.4, -0.2) is 39.3 Å². The van der Waals surface area contributed by atoms with Crippen molar-refractivity contribution in [3.8, 4) is 17.0 Å². The Morgan fingerprint density at radius 2 is 2.18 bits per heavy atom. The topological polar surface area (TPSA) is 102 Å². The molecule has 0 bridgehead atoms. The molecule has 0 atom stereocenters. The van der Waals surface area contributed by atoms with Gasteiger partial charge >= 0.3 is 0 Å². The minimum absolute atomic E-state index is 0.0898. The van der Waals surface area contributed by atoms with Gasteiger partial charge in [0.05, 0.1) is 24.8 Å². The number of methoxy groups -OCH3 is 1. The van der Waals surface area contributed by atoms with Crippen molar-refractivity contribution < 1.29 is 9.53 Å². The van der Waals surface area contributed by atoms with Gasteiger partial charge in [-0.25, -0.2) is 4.98 Å². The van der Waals surface area contributed by atoms with Crippen LogP contribution in [-0.2, 0) is 6.54 Å². The largest absolute Gasteiger partial charge is 0.497 e. The summed E-state index contributed by atoms with van der Waals surface area (Å²) in [6, 6.07) is 10.7. The minimum atomic E-state index is -0.280. The first-order valence-corrected chi connectivity index (χ1v) is 9.18. The Morgan fingerprint density at radius 3 is 2.93 bits per heavy atom. The van der Waals surface area contributed by atoms with Crippen LogP contribution in [0.1, 0.15) is 34.9 Å². The molecular weight excluding hydrogens is 358 g/mol. The summed E-state index contributed by atoms with van der Waals surface area (Å²) in [5, 5.41) is 9.72. The number of hydrogen-bond donors (Lipinski definition) is 2. The Morgan fingerprint density at radius 1 is 1.32 bits per heavy atom. The van der Waals surface area contributed by atoms with E-state index in [2.05, 4.69) is 20.5 Å². The number of H-pyrrole nitrogens is 1. The lowest BCUT2D eigenvalue weighted by atomic mass is 10.1. The summed E-state index contributed by atoms with van der Waals surface area (Å²) in [6.07, 6.45) is 3.77. The first-order chi connectivity index (χ1) is 13.6. The fourth-order valence-corrected chi connectivity index (χ4v) is 2.96. The lowest BCUT2D eigenvalue weighted by Crippen LogP contribution is -2.31. The van der Waals surface area contributed by atoms with Crippen LogP contribution < -0.4 is 15.6 Å². The molecule has 0 spiro atoms. The number of nitrogens with one attached hydrogen (secondary N) is 2. The van der Waals surface area contributed by atoms with Gasteiger partial charge in [0.1, 0.15) is 11.4 Å². The molecule has 1 amide bonds. The molecule has 1 aromatic carbocycles. The first kappa shape index (κ1) is 18.0. The minimum Gasteiger partial charge on any atom is -0.497 e. The SMILES string of the molecule is COc1cccc(-c2cc(C(=O)NCCn3cnc(C4CC4)cc3=O)[nH]n2)c1. The summed E-state index contributed by atoms with van der Waals surface area (Å²) in [6.45, 7) is 0.677. The maximum absolute atomic E-state index is 12.3. The van der Waals surface area contributed by atoms with E-state index in [1.54, 1.807) is 25.6 Å². The van der Waals surface area contributed by atoms with Crippen LogP contribution in [0, 0.1) is 0 Å². The van der Waals surface area contributed by atoms with Crippen LogP contribution in [0.25, 0.3) is 11.3 Å². The van der Waals surface area contributed by atoms with E-state index in [9.17, 15) is 9.59 Å². The lowest BCUT2D eigenvalue weighted by Gasteiger charge is -2.07. The highest BCUT2D eigenvalue weighted by molar-refractivity contribution is 5.93. The van der Waals surface area contributed by atoms with Crippen LogP contribution in [0.4, 0.5) is 0 Å². The van der Waals surface area contributed by atoms with Crippen molar-refractivity contribution in [2.75, 3.05) is 13.7 Å². The molecule has 2 aromatic heterocycles. The van der Waals surface area contributed by atoms with Crippen molar-refractivity contribution >= 4 is 5.91 Å². The Labute approximate surface area is 161 Å². The highest BCUT2D eigenvalue weighted by atomic mass is 16.5. The molecule has 0 aliphatic heterocycles. The quantitative estimate of drug-likeness (QED) is 0.653. The highest BCUT2D eigenvalue weighted by Crippen LogP contribution is 2.38. The third-order valence-electron chi connectivity index (χ3n) is 4.72. The maximum Gasteiger partial charge on any atom is 0.269 e. The monoisotopic (exact) mass is 379 g/mol. The first-order valence-electron chi connectivity index (χ1n) is 9.18. The Hall–Kier alpha value is -3.42. The van der Waals surface area contributed by atoms with Gasteiger partial charge in [0, 0.05) is 30.6 Å². The van der Waals surface area contributed by atoms with Crippen molar-refractivity contribution in [3.63, 3.8) is 0 Å². The summed E-state index contributed by atoms with van der Waals surface area (Å²) in [5.41, 5.74) is 2.64. The van der Waals surface area contributed by atoms with E-state index in [0.29, 0.717) is 30.4 Å². The average Bonchev–Trinajstić information content (AvgIpc) is 3.45. The van der Waals surface area contributed by atoms with E-state index in [1.165, 1.54) is 4.57 Å². The van der Waals surface area contributed by atoms with Gasteiger partial charge in [0.2, 0.25) is 0 Å². The number of aromatic amines is 1. The number of rotatable bonds is 7. The maximum atomic E-state index is 12.3. The molecule has 0 saturated heterocycles. The summed E-state index contributed by atoms with van der Waals surface area (Å²) in [7, 11) is 1.60. The summed E-state index contributed by atoms with van der Waals surface area (Å²) < 4.78 is 6.71. The van der Waals surface area contributed by atoms with Gasteiger partial charge in [-0.15, -0.1) is 0 Å². The standard InChI is InChI=1S/C20H21N5O3/c1-28-15-4-2-3-14(9-15)17-10-18(24-23-17)20(27)21-7-8-25-12-22-16(11-19(25)26)13-5-6-13/h2-4,9-13H,5-8H2,1H3,(H,21,27)(H,23,24). The Bertz CT molecular complexity index is 1050. The van der Waals surface area contributed by atoms with Gasteiger partial charge in [-0.1, -0.05) is 12.1 Å². The second-order valence-corrected chi connectivity index (χ2v) is 6.77. The van der Waals surface area contributed by atoms with E-state index in [4.69, 9.17) is 4.74 Å². The van der Waals surface area contributed by atoms with Crippen LogP contribution in [0.5, 0.6) is 5.75 Å². The summed E-state index contributed by atoms with van der Waals surface area (Å²) in [4.78, 5) is 28.8. The number of carbonyl (C=O) groups excluding carboxylic acids is 1. The molecule has 1 aliphatic carbocycles. The van der Waals surface area contributed by atoms with E-state index in [1.807, 2.05) is 24.3 Å². The number of carbonyl (C=O) groups is 1. The second-order valence-electron chi connectivity index (χ2n) is 6.77. The number of ether oxygens (including phenoxy) is 1. The lowest BCUT2D eigenvalue weighted by molar-refractivity contribution is 0.0947. The van der Waals surface area contributed by atoms with Crippen LogP contribution >= 0.6 is 0 Å². The van der Waals surface area contributed by atoms with E-state index in [-0.39, 0.29) is 11.5 Å². The molecule has 28 heavy (non-hydrogen) atoms. The van der Waals surface area contributed by atoms with E-state index in [0.717, 1.165) is 29.8 Å². The summed E-state index contributed by atoms with van der Waals surface area (Å²) >= 11 is 0. The normalized spacial score (nSPS) is 13.3. The predicted octanol–water partition coefficient (Wildman–Crippen LogP) is 1.95. The number of amides is 1. The molecule has 4 rings (SSSR count). The fourth-order valence-electron chi connectivity index (χ4n) is 2.96. The molecule has 8 heteroatoms. The molecule has 144 valence electrons. The van der Waals surface area contributed by atoms with Crippen molar-refractivity contribution in [2.24, 2.45) is 0 Å². The van der Waals surface area contributed by atoms with Crippen LogP contribution in [0.3, 0.4) is 0 Å². The Kier molecular flexibility index (Phi) is 4.92. The number of hydrogen-bond acceptors (Lipinski definition) is 5. The molecule has 3 aromatic rings. The molecular formula is C20H21N5O3. The van der Waals surface area contributed by atoms with Crippen LogP contribution in [0.2, 0.25) is 0 Å². The molecule has 0 unspecified atom stereocenters. The molecule has 8 nitrogen and oxygen atoms in total. The van der Waals surface area contributed by atoms with Crippen molar-refractivity contribution in [2.45, 2.75) is 25.3 Å². The molecule has 1 aliphatic rings. The van der Waals surface area contributed by atoms with Gasteiger partial charge in [0.15, 0.2) is 0 Å². The van der Waals surface area contributed by atoms with E-state index >= 15 is 0 Å². The number of aromatic nitrogens is 4. The number of nitrogens with zero attached hydrogens (tertiary/aromatic N) is 3. The zero-order valence-electron chi connectivity index (χ0n) is 15.5. The highest BCUT2D eigenvalue weighted by Gasteiger charge is 2.25. The smallest absolute Gasteiger partial charge is 0.269 e. The summed E-state index contributed by atoms with van der Waals surface area (Å²) in [5.74, 6) is 0.886. The fraction of sp³-hybridized carbons (Fsp3) is 0.300. The third-order valence-corrected chi connectivity index (χ3v) is 4.72. The molecule has 2 heterocycles. The Balaban J connectivity index is 1.35. The predicted molar refractivity (Wildman–Crippen MR) is 103 cm³/mol. The van der Waals surface area contributed by atoms with Crippen molar-refractivity contribution in [1.82, 2.24) is 25.1 Å². The van der Waals surface area contributed by atoms with Gasteiger partial charge in [0.25, 0.3) is 11.5 Å². The zero-order chi connectivity index (χ0) is 19.5.